The molecular weight excluding hydrogens is 219 g/mol. The molecule has 0 saturated heterocycles. The van der Waals surface area contributed by atoms with Crippen LogP contribution in [0.2, 0.25) is 5.15 Å². The molecule has 1 N–H and O–H groups in total. The van der Waals surface area contributed by atoms with Gasteiger partial charge in [0, 0.05) is 6.04 Å². The molecule has 0 bridgehead atoms. The minimum absolute atomic E-state index is 0.0113. The van der Waals surface area contributed by atoms with Crippen molar-refractivity contribution in [3.05, 3.63) is 28.8 Å². The van der Waals surface area contributed by atoms with Crippen molar-refractivity contribution >= 4 is 17.5 Å². The van der Waals surface area contributed by atoms with E-state index < -0.39 is 11.7 Å². The van der Waals surface area contributed by atoms with E-state index in [2.05, 4.69) is 10.3 Å². The minimum Gasteiger partial charge on any atom is -0.350 e. The molecule has 15 heavy (non-hydrogen) atoms. The molecule has 1 amide bonds. The third-order valence-corrected chi connectivity index (χ3v) is 2.34. The molecule has 0 fully saturated rings. The Balaban J connectivity index is 2.86. The first-order chi connectivity index (χ1) is 7.04. The van der Waals surface area contributed by atoms with Crippen molar-refractivity contribution in [3.63, 3.8) is 0 Å². The van der Waals surface area contributed by atoms with E-state index in [0.717, 1.165) is 18.7 Å². The van der Waals surface area contributed by atoms with Crippen molar-refractivity contribution < 1.29 is 9.18 Å². The number of halogens is 2. The summed E-state index contributed by atoms with van der Waals surface area (Å²) in [6.45, 7) is 3.80. The number of hydrogen-bond donors (Lipinski definition) is 1. The summed E-state index contributed by atoms with van der Waals surface area (Å²) in [5, 5.41) is 2.70. The van der Waals surface area contributed by atoms with Crippen LogP contribution in [-0.4, -0.2) is 16.9 Å². The number of nitrogens with zero attached hydrogens (tertiary/aromatic N) is 1. The van der Waals surface area contributed by atoms with Gasteiger partial charge in [0.25, 0.3) is 5.91 Å². The topological polar surface area (TPSA) is 42.0 Å². The molecule has 0 radical (unpaired) electrons. The van der Waals surface area contributed by atoms with Crippen LogP contribution in [0.1, 0.15) is 30.6 Å². The molecular formula is C10H12ClFN2O. The first-order valence-corrected chi connectivity index (χ1v) is 5.04. The molecule has 1 rings (SSSR count). The summed E-state index contributed by atoms with van der Waals surface area (Å²) >= 11 is 5.68. The van der Waals surface area contributed by atoms with E-state index in [1.54, 1.807) is 0 Å². The van der Waals surface area contributed by atoms with Gasteiger partial charge in [-0.1, -0.05) is 18.5 Å². The van der Waals surface area contributed by atoms with Gasteiger partial charge in [0.2, 0.25) is 0 Å². The van der Waals surface area contributed by atoms with Crippen LogP contribution in [0.3, 0.4) is 0 Å². The van der Waals surface area contributed by atoms with Gasteiger partial charge in [-0.2, -0.15) is 0 Å². The van der Waals surface area contributed by atoms with Crippen LogP contribution in [-0.2, 0) is 0 Å². The normalized spacial score (nSPS) is 12.3. The van der Waals surface area contributed by atoms with Gasteiger partial charge in [0.1, 0.15) is 11.0 Å². The van der Waals surface area contributed by atoms with E-state index in [4.69, 9.17) is 11.6 Å². The Morgan fingerprint density at radius 1 is 1.73 bits per heavy atom. The highest BCUT2D eigenvalue weighted by molar-refractivity contribution is 6.32. The Labute approximate surface area is 92.7 Å². The largest absolute Gasteiger partial charge is 0.350 e. The number of aromatic nitrogens is 1. The molecule has 5 heteroatoms. The van der Waals surface area contributed by atoms with E-state index in [1.807, 2.05) is 13.8 Å². The van der Waals surface area contributed by atoms with Crippen molar-refractivity contribution in [2.45, 2.75) is 26.3 Å². The van der Waals surface area contributed by atoms with Gasteiger partial charge in [-0.05, 0) is 19.4 Å². The zero-order valence-corrected chi connectivity index (χ0v) is 9.31. The van der Waals surface area contributed by atoms with Crippen molar-refractivity contribution in [1.82, 2.24) is 10.3 Å². The van der Waals surface area contributed by atoms with E-state index in [1.165, 1.54) is 0 Å². The van der Waals surface area contributed by atoms with Crippen LogP contribution in [0.15, 0.2) is 12.3 Å². The van der Waals surface area contributed by atoms with Crippen LogP contribution < -0.4 is 5.32 Å². The lowest BCUT2D eigenvalue weighted by Gasteiger charge is -2.11. The molecule has 1 heterocycles. The maximum atomic E-state index is 12.8. The summed E-state index contributed by atoms with van der Waals surface area (Å²) < 4.78 is 12.8. The SMILES string of the molecule is CCC(C)NC(=O)c1cc(F)cnc1Cl. The average Bonchev–Trinajstić information content (AvgIpc) is 2.21. The zero-order chi connectivity index (χ0) is 11.4. The average molecular weight is 231 g/mol. The lowest BCUT2D eigenvalue weighted by Crippen LogP contribution is -2.32. The highest BCUT2D eigenvalue weighted by Crippen LogP contribution is 2.13. The predicted octanol–water partition coefficient (Wildman–Crippen LogP) is 2.40. The van der Waals surface area contributed by atoms with E-state index in [0.29, 0.717) is 0 Å². The Kier molecular flexibility index (Phi) is 4.03. The maximum Gasteiger partial charge on any atom is 0.254 e. The fraction of sp³-hybridized carbons (Fsp3) is 0.400. The number of carbonyl (C=O) groups is 1. The third kappa shape index (κ3) is 3.16. The number of carbonyl (C=O) groups excluding carboxylic acids is 1. The summed E-state index contributed by atoms with van der Waals surface area (Å²) in [6, 6.07) is 1.10. The van der Waals surface area contributed by atoms with Crippen molar-refractivity contribution in [3.8, 4) is 0 Å². The van der Waals surface area contributed by atoms with Crippen molar-refractivity contribution in [2.24, 2.45) is 0 Å². The van der Waals surface area contributed by atoms with E-state index in [-0.39, 0.29) is 16.8 Å². The highest BCUT2D eigenvalue weighted by Gasteiger charge is 2.13. The Morgan fingerprint density at radius 2 is 2.40 bits per heavy atom. The second-order valence-corrected chi connectivity index (χ2v) is 3.63. The first-order valence-electron chi connectivity index (χ1n) is 4.66. The molecule has 1 unspecified atom stereocenters. The number of pyridine rings is 1. The predicted molar refractivity (Wildman–Crippen MR) is 56.4 cm³/mol. The Hall–Kier alpha value is -1.16. The van der Waals surface area contributed by atoms with Gasteiger partial charge in [-0.3, -0.25) is 4.79 Å². The Morgan fingerprint density at radius 3 is 3.00 bits per heavy atom. The molecule has 3 nitrogen and oxygen atoms in total. The van der Waals surface area contributed by atoms with Crippen molar-refractivity contribution in [2.75, 3.05) is 0 Å². The fourth-order valence-electron chi connectivity index (χ4n) is 0.985. The smallest absolute Gasteiger partial charge is 0.254 e. The van der Waals surface area contributed by atoms with Crippen LogP contribution in [0, 0.1) is 5.82 Å². The molecule has 0 aromatic carbocycles. The minimum atomic E-state index is -0.575. The number of rotatable bonds is 3. The van der Waals surface area contributed by atoms with E-state index >= 15 is 0 Å². The standard InChI is InChI=1S/C10H12ClFN2O/c1-3-6(2)14-10(15)8-4-7(12)5-13-9(8)11/h4-6H,3H2,1-2H3,(H,14,15). The number of nitrogens with one attached hydrogen (secondary N) is 1. The van der Waals surface area contributed by atoms with Crippen LogP contribution in [0.4, 0.5) is 4.39 Å². The number of hydrogen-bond acceptors (Lipinski definition) is 2. The van der Waals surface area contributed by atoms with Crippen LogP contribution in [0.5, 0.6) is 0 Å². The lowest BCUT2D eigenvalue weighted by molar-refractivity contribution is 0.0938. The van der Waals surface area contributed by atoms with Gasteiger partial charge < -0.3 is 5.32 Å². The monoisotopic (exact) mass is 230 g/mol. The lowest BCUT2D eigenvalue weighted by atomic mass is 10.2. The Bertz CT molecular complexity index is 370. The number of amides is 1. The fourth-order valence-corrected chi connectivity index (χ4v) is 1.17. The molecule has 0 aliphatic carbocycles. The van der Waals surface area contributed by atoms with Crippen molar-refractivity contribution in [1.29, 1.82) is 0 Å². The van der Waals surface area contributed by atoms with Gasteiger partial charge >= 0.3 is 0 Å². The second-order valence-electron chi connectivity index (χ2n) is 3.27. The van der Waals surface area contributed by atoms with Crippen LogP contribution in [0.25, 0.3) is 0 Å². The quantitative estimate of drug-likeness (QED) is 0.811. The molecule has 0 aliphatic rings. The molecule has 1 atom stereocenters. The van der Waals surface area contributed by atoms with Gasteiger partial charge in [-0.25, -0.2) is 9.37 Å². The first kappa shape index (κ1) is 11.9. The molecule has 1 aromatic rings. The van der Waals surface area contributed by atoms with Gasteiger partial charge in [0.15, 0.2) is 0 Å². The van der Waals surface area contributed by atoms with Gasteiger partial charge in [-0.15, -0.1) is 0 Å². The van der Waals surface area contributed by atoms with Gasteiger partial charge in [0.05, 0.1) is 11.8 Å². The summed E-state index contributed by atoms with van der Waals surface area (Å²) in [7, 11) is 0. The molecule has 0 aliphatic heterocycles. The molecule has 0 spiro atoms. The maximum absolute atomic E-state index is 12.8. The molecule has 0 saturated carbocycles. The third-order valence-electron chi connectivity index (χ3n) is 2.04. The molecule has 1 aromatic heterocycles. The summed E-state index contributed by atoms with van der Waals surface area (Å²) in [5.41, 5.74) is 0.0666. The van der Waals surface area contributed by atoms with Crippen LogP contribution >= 0.6 is 11.6 Å². The zero-order valence-electron chi connectivity index (χ0n) is 8.55. The van der Waals surface area contributed by atoms with E-state index in [9.17, 15) is 9.18 Å². The highest BCUT2D eigenvalue weighted by atomic mass is 35.5. The second kappa shape index (κ2) is 5.07. The summed E-state index contributed by atoms with van der Waals surface area (Å²) in [6.07, 6.45) is 1.77. The molecule has 82 valence electrons. The summed E-state index contributed by atoms with van der Waals surface area (Å²) in [4.78, 5) is 15.1. The summed E-state index contributed by atoms with van der Waals surface area (Å²) in [5.74, 6) is -0.977.